The molecule has 0 saturated carbocycles. The molecule has 5 nitrogen and oxygen atoms in total. The van der Waals surface area contributed by atoms with E-state index in [1.54, 1.807) is 12.1 Å². The van der Waals surface area contributed by atoms with Gasteiger partial charge in [0.2, 0.25) is 0 Å². The van der Waals surface area contributed by atoms with Gasteiger partial charge >= 0.3 is 0 Å². The van der Waals surface area contributed by atoms with Gasteiger partial charge in [-0.25, -0.2) is 13.4 Å². The zero-order valence-corrected chi connectivity index (χ0v) is 18.7. The highest BCUT2D eigenvalue weighted by molar-refractivity contribution is 7.92. The summed E-state index contributed by atoms with van der Waals surface area (Å²) < 4.78 is 30.6. The van der Waals surface area contributed by atoms with Crippen LogP contribution in [0.1, 0.15) is 30.8 Å². The lowest BCUT2D eigenvalue weighted by molar-refractivity contribution is 0.600. The fourth-order valence-corrected chi connectivity index (χ4v) is 5.30. The van der Waals surface area contributed by atoms with Gasteiger partial charge in [0.05, 0.1) is 15.9 Å². The van der Waals surface area contributed by atoms with E-state index in [1.807, 2.05) is 61.5 Å². The zero-order valence-electron chi connectivity index (χ0n) is 17.9. The van der Waals surface area contributed by atoms with Gasteiger partial charge in [0.15, 0.2) is 0 Å². The van der Waals surface area contributed by atoms with Gasteiger partial charge in [-0.15, -0.1) is 0 Å². The highest BCUT2D eigenvalue weighted by Crippen LogP contribution is 2.21. The number of aromatic nitrogens is 2. The molecule has 1 N–H and O–H groups in total. The number of anilines is 1. The monoisotopic (exact) mass is 433 g/mol. The van der Waals surface area contributed by atoms with Crippen LogP contribution in [-0.4, -0.2) is 18.0 Å². The predicted octanol–water partition coefficient (Wildman–Crippen LogP) is 5.20. The number of benzene rings is 3. The average molecular weight is 434 g/mol. The number of fused-ring (bicyclic) bond motifs is 1. The molecule has 1 heterocycles. The molecular weight excluding hydrogens is 406 g/mol. The average Bonchev–Trinajstić information content (AvgIpc) is 3.16. The second kappa shape index (κ2) is 8.94. The molecule has 0 fully saturated rings. The minimum atomic E-state index is -3.61. The maximum Gasteiger partial charge on any atom is 0.262 e. The molecule has 0 aliphatic heterocycles. The summed E-state index contributed by atoms with van der Waals surface area (Å²) >= 11 is 0. The standard InChI is InChI=1S/C25H27N3O2S/c1-3-20-9-5-8-12-24(20)31(29,30)27-21-16-13-19(14-17-21)15-18-25-26-22-10-6-7-11-23(22)28(25)4-2/h5-14,16-17,27H,3-4,15,18H2,1-2H3. The number of rotatable bonds is 8. The number of aryl methyl sites for hydroxylation is 4. The highest BCUT2D eigenvalue weighted by Gasteiger charge is 2.17. The summed E-state index contributed by atoms with van der Waals surface area (Å²) in [6.07, 6.45) is 2.34. The van der Waals surface area contributed by atoms with Crippen LogP contribution in [0.5, 0.6) is 0 Å². The molecule has 0 amide bonds. The fourth-order valence-electron chi connectivity index (χ4n) is 3.93. The predicted molar refractivity (Wildman–Crippen MR) is 126 cm³/mol. The molecule has 4 aromatic rings. The summed E-state index contributed by atoms with van der Waals surface area (Å²) in [5.41, 5.74) is 4.71. The van der Waals surface area contributed by atoms with Crippen molar-refractivity contribution in [2.75, 3.05) is 4.72 Å². The van der Waals surface area contributed by atoms with E-state index in [4.69, 9.17) is 4.98 Å². The van der Waals surface area contributed by atoms with Crippen LogP contribution in [0.25, 0.3) is 11.0 Å². The van der Waals surface area contributed by atoms with Gasteiger partial charge in [-0.1, -0.05) is 49.4 Å². The first-order chi connectivity index (χ1) is 15.0. The van der Waals surface area contributed by atoms with Gasteiger partial charge in [-0.05, 0) is 61.2 Å². The lowest BCUT2D eigenvalue weighted by Gasteiger charge is -2.12. The third-order valence-corrected chi connectivity index (χ3v) is 7.02. The fraction of sp³-hybridized carbons (Fsp3) is 0.240. The molecule has 0 aliphatic rings. The molecule has 4 rings (SSSR count). The van der Waals surface area contributed by atoms with Crippen LogP contribution in [0, 0.1) is 0 Å². The largest absolute Gasteiger partial charge is 0.328 e. The van der Waals surface area contributed by atoms with E-state index < -0.39 is 10.0 Å². The first-order valence-corrected chi connectivity index (χ1v) is 12.1. The molecule has 0 unspecified atom stereocenters. The molecule has 6 heteroatoms. The molecule has 0 atom stereocenters. The summed E-state index contributed by atoms with van der Waals surface area (Å²) in [4.78, 5) is 5.12. The van der Waals surface area contributed by atoms with Crippen molar-refractivity contribution >= 4 is 26.7 Å². The summed E-state index contributed by atoms with van der Waals surface area (Å²) in [7, 11) is -3.61. The number of imidazole rings is 1. The summed E-state index contributed by atoms with van der Waals surface area (Å²) in [6.45, 7) is 4.97. The Bertz CT molecular complexity index is 1290. The maximum absolute atomic E-state index is 12.8. The van der Waals surface area contributed by atoms with Gasteiger partial charge in [0, 0.05) is 18.7 Å². The van der Waals surface area contributed by atoms with Crippen LogP contribution in [0.3, 0.4) is 0 Å². The van der Waals surface area contributed by atoms with Crippen LogP contribution in [-0.2, 0) is 35.8 Å². The van der Waals surface area contributed by atoms with Crippen molar-refractivity contribution in [1.82, 2.24) is 9.55 Å². The van der Waals surface area contributed by atoms with Crippen molar-refractivity contribution in [3.8, 4) is 0 Å². The maximum atomic E-state index is 12.8. The van der Waals surface area contributed by atoms with Gasteiger partial charge in [-0.3, -0.25) is 4.72 Å². The number of sulfonamides is 1. The Morgan fingerprint density at radius 2 is 1.58 bits per heavy atom. The van der Waals surface area contributed by atoms with E-state index in [0.29, 0.717) is 17.0 Å². The molecule has 1 aromatic heterocycles. The number of nitrogens with zero attached hydrogens (tertiary/aromatic N) is 2. The minimum absolute atomic E-state index is 0.333. The second-order valence-electron chi connectivity index (χ2n) is 7.52. The molecular formula is C25H27N3O2S. The van der Waals surface area contributed by atoms with E-state index in [9.17, 15) is 8.42 Å². The molecule has 0 aliphatic carbocycles. The third kappa shape index (κ3) is 4.49. The summed E-state index contributed by atoms with van der Waals surface area (Å²) in [5.74, 6) is 1.07. The summed E-state index contributed by atoms with van der Waals surface area (Å²) in [5, 5.41) is 0. The van der Waals surface area contributed by atoms with Crippen molar-refractivity contribution in [1.29, 1.82) is 0 Å². The van der Waals surface area contributed by atoms with E-state index in [0.717, 1.165) is 47.4 Å². The van der Waals surface area contributed by atoms with Gasteiger partial charge < -0.3 is 4.57 Å². The Hall–Kier alpha value is -3.12. The SMILES string of the molecule is CCc1ccccc1S(=O)(=O)Nc1ccc(CCc2nc3ccccc3n2CC)cc1. The quantitative estimate of drug-likeness (QED) is 0.415. The molecule has 0 saturated heterocycles. The Morgan fingerprint density at radius 3 is 2.32 bits per heavy atom. The normalized spacial score (nSPS) is 11.7. The van der Waals surface area contributed by atoms with E-state index >= 15 is 0 Å². The smallest absolute Gasteiger partial charge is 0.262 e. The topological polar surface area (TPSA) is 64.0 Å². The first-order valence-electron chi connectivity index (χ1n) is 10.7. The van der Waals surface area contributed by atoms with Gasteiger partial charge in [0.1, 0.15) is 5.82 Å². The highest BCUT2D eigenvalue weighted by atomic mass is 32.2. The van der Waals surface area contributed by atoms with Crippen molar-refractivity contribution in [2.24, 2.45) is 0 Å². The van der Waals surface area contributed by atoms with Crippen LogP contribution < -0.4 is 4.72 Å². The summed E-state index contributed by atoms with van der Waals surface area (Å²) in [6, 6.07) is 22.9. The first kappa shape index (κ1) is 21.1. The Kier molecular flexibility index (Phi) is 6.09. The van der Waals surface area contributed by atoms with Crippen LogP contribution in [0.4, 0.5) is 5.69 Å². The number of para-hydroxylation sites is 2. The minimum Gasteiger partial charge on any atom is -0.328 e. The lowest BCUT2D eigenvalue weighted by Crippen LogP contribution is -2.14. The zero-order chi connectivity index (χ0) is 21.8. The van der Waals surface area contributed by atoms with E-state index in [2.05, 4.69) is 22.3 Å². The molecule has 160 valence electrons. The van der Waals surface area contributed by atoms with Crippen molar-refractivity contribution in [3.05, 3.63) is 89.7 Å². The molecule has 0 spiro atoms. The second-order valence-corrected chi connectivity index (χ2v) is 9.18. The van der Waals surface area contributed by atoms with Gasteiger partial charge in [0.25, 0.3) is 10.0 Å². The molecule has 0 radical (unpaired) electrons. The van der Waals surface area contributed by atoms with Crippen molar-refractivity contribution in [3.63, 3.8) is 0 Å². The van der Waals surface area contributed by atoms with Crippen molar-refractivity contribution in [2.45, 2.75) is 44.6 Å². The molecule has 0 bridgehead atoms. The van der Waals surface area contributed by atoms with Gasteiger partial charge in [-0.2, -0.15) is 0 Å². The van der Waals surface area contributed by atoms with Crippen molar-refractivity contribution < 1.29 is 8.42 Å². The Labute approximate surface area is 183 Å². The Morgan fingerprint density at radius 1 is 0.871 bits per heavy atom. The van der Waals surface area contributed by atoms with Crippen LogP contribution in [0.2, 0.25) is 0 Å². The number of hydrogen-bond donors (Lipinski definition) is 1. The molecule has 3 aromatic carbocycles. The third-order valence-electron chi connectivity index (χ3n) is 5.54. The van der Waals surface area contributed by atoms with E-state index in [1.165, 1.54) is 0 Å². The number of hydrogen-bond acceptors (Lipinski definition) is 3. The van der Waals surface area contributed by atoms with E-state index in [-0.39, 0.29) is 0 Å². The van der Waals surface area contributed by atoms with Crippen LogP contribution in [0.15, 0.2) is 77.7 Å². The van der Waals surface area contributed by atoms with Crippen LogP contribution >= 0.6 is 0 Å². The Balaban J connectivity index is 1.47. The number of nitrogens with one attached hydrogen (secondary N) is 1. The molecule has 31 heavy (non-hydrogen) atoms. The lowest BCUT2D eigenvalue weighted by atomic mass is 10.1.